The van der Waals surface area contributed by atoms with Crippen molar-refractivity contribution in [2.75, 3.05) is 13.6 Å². The lowest BCUT2D eigenvalue weighted by Gasteiger charge is -2.20. The van der Waals surface area contributed by atoms with Crippen LogP contribution in [-0.4, -0.2) is 30.4 Å². The molecular weight excluding hydrogens is 370 g/mol. The Morgan fingerprint density at radius 1 is 0.897 bits per heavy atom. The third-order valence-electron chi connectivity index (χ3n) is 5.85. The summed E-state index contributed by atoms with van der Waals surface area (Å²) in [6.07, 6.45) is 0. The summed E-state index contributed by atoms with van der Waals surface area (Å²) >= 11 is 0. The number of hydrogen-bond acceptors (Lipinski definition) is 5. The average molecular weight is 389 g/mol. The van der Waals surface area contributed by atoms with Gasteiger partial charge in [0.15, 0.2) is 23.0 Å². The Labute approximate surface area is 167 Å². The van der Waals surface area contributed by atoms with Gasteiger partial charge in [-0.25, -0.2) is 0 Å². The molecule has 0 radical (unpaired) electrons. The van der Waals surface area contributed by atoms with E-state index in [1.165, 1.54) is 0 Å². The number of amides is 1. The van der Waals surface area contributed by atoms with E-state index in [1.807, 2.05) is 55.1 Å². The lowest BCUT2D eigenvalue weighted by Crippen LogP contribution is -2.30. The number of nitrogens with zero attached hydrogens (tertiary/aromatic N) is 1. The van der Waals surface area contributed by atoms with Crippen molar-refractivity contribution in [2.24, 2.45) is 0 Å². The van der Waals surface area contributed by atoms with Crippen LogP contribution < -0.4 is 18.9 Å². The van der Waals surface area contributed by atoms with Crippen LogP contribution in [-0.2, 0) is 6.54 Å². The zero-order valence-corrected chi connectivity index (χ0v) is 16.2. The Balaban J connectivity index is 1.69. The molecule has 0 saturated heterocycles. The van der Waals surface area contributed by atoms with Gasteiger partial charge in [0.05, 0.1) is 0 Å². The number of benzene rings is 3. The molecule has 3 aliphatic rings. The monoisotopic (exact) mass is 389 g/mol. The fraction of sp³-hybridized carbons (Fsp3) is 0.261. The Bertz CT molecular complexity index is 1200. The maximum atomic E-state index is 13.1. The number of hydrogen-bond donors (Lipinski definition) is 0. The van der Waals surface area contributed by atoms with Crippen LogP contribution in [0.2, 0.25) is 0 Å². The topological polar surface area (TPSA) is 57.2 Å². The number of fused-ring (bicyclic) bond motifs is 5. The lowest BCUT2D eigenvalue weighted by atomic mass is 9.90. The van der Waals surface area contributed by atoms with Gasteiger partial charge in [-0.15, -0.1) is 0 Å². The maximum Gasteiger partial charge on any atom is 0.254 e. The average Bonchev–Trinajstić information content (AvgIpc) is 3.44. The second kappa shape index (κ2) is 5.80. The molecule has 0 saturated carbocycles. The normalized spacial score (nSPS) is 16.2. The van der Waals surface area contributed by atoms with Crippen molar-refractivity contribution < 1.29 is 23.7 Å². The van der Waals surface area contributed by atoms with Gasteiger partial charge < -0.3 is 23.8 Å². The van der Waals surface area contributed by atoms with Gasteiger partial charge >= 0.3 is 0 Å². The summed E-state index contributed by atoms with van der Waals surface area (Å²) in [4.78, 5) is 15.0. The molecule has 0 spiro atoms. The first-order chi connectivity index (χ1) is 14.1. The van der Waals surface area contributed by atoms with E-state index in [1.54, 1.807) is 0 Å². The van der Waals surface area contributed by atoms with Crippen molar-refractivity contribution in [3.63, 3.8) is 0 Å². The van der Waals surface area contributed by atoms with Crippen molar-refractivity contribution >= 4 is 16.7 Å². The second-order valence-corrected chi connectivity index (χ2v) is 7.77. The van der Waals surface area contributed by atoms with Crippen LogP contribution >= 0.6 is 0 Å². The Morgan fingerprint density at radius 2 is 1.66 bits per heavy atom. The summed E-state index contributed by atoms with van der Waals surface area (Å²) in [6.45, 7) is 5.06. The molecule has 0 unspecified atom stereocenters. The van der Waals surface area contributed by atoms with E-state index in [2.05, 4.69) is 0 Å². The summed E-state index contributed by atoms with van der Waals surface area (Å²) in [5.74, 6) is 2.97. The second-order valence-electron chi connectivity index (χ2n) is 7.77. The molecule has 146 valence electrons. The molecule has 0 bridgehead atoms. The largest absolute Gasteiger partial charge is 0.454 e. The van der Waals surface area contributed by atoms with Crippen molar-refractivity contribution in [3.8, 4) is 34.1 Å². The fourth-order valence-electron chi connectivity index (χ4n) is 4.43. The quantitative estimate of drug-likeness (QED) is 0.653. The van der Waals surface area contributed by atoms with Crippen LogP contribution in [0.15, 0.2) is 36.4 Å². The highest BCUT2D eigenvalue weighted by molar-refractivity contribution is 6.11. The molecule has 3 aliphatic heterocycles. The predicted octanol–water partition coefficient (Wildman–Crippen LogP) is 4.33. The first-order valence-corrected chi connectivity index (χ1v) is 9.71. The van der Waals surface area contributed by atoms with Gasteiger partial charge in [-0.3, -0.25) is 4.79 Å². The summed E-state index contributed by atoms with van der Waals surface area (Å²) in [5.41, 5.74) is 3.73. The van der Waals surface area contributed by atoms with Crippen molar-refractivity contribution in [2.45, 2.75) is 26.4 Å². The van der Waals surface area contributed by atoms with E-state index in [-0.39, 0.29) is 25.5 Å². The lowest BCUT2D eigenvalue weighted by molar-refractivity contribution is 0.0731. The van der Waals surface area contributed by atoms with Crippen LogP contribution in [0, 0.1) is 0 Å². The van der Waals surface area contributed by atoms with Gasteiger partial charge in [0.25, 0.3) is 5.91 Å². The third-order valence-corrected chi connectivity index (χ3v) is 5.85. The van der Waals surface area contributed by atoms with E-state index in [0.717, 1.165) is 50.3 Å². The third kappa shape index (κ3) is 2.26. The number of rotatable bonds is 2. The van der Waals surface area contributed by atoms with Crippen molar-refractivity contribution in [3.05, 3.63) is 47.5 Å². The molecule has 0 aromatic heterocycles. The standard InChI is InChI=1S/C23H19NO5/c1-12(2)24-9-16-15(23(24)25)7-13-4-6-18-22(29-11-27-18)21(13)20(16)14-3-5-17-19(8-14)28-10-26-17/h3-8,12H,9-11H2,1-2H3. The van der Waals surface area contributed by atoms with E-state index < -0.39 is 0 Å². The van der Waals surface area contributed by atoms with Crippen LogP contribution in [0.3, 0.4) is 0 Å². The van der Waals surface area contributed by atoms with E-state index in [9.17, 15) is 4.79 Å². The SMILES string of the molecule is CC(C)N1Cc2c(cc3ccc4c(c3c2-c2ccc3c(c2)OCO3)OCO4)C1=O. The van der Waals surface area contributed by atoms with Gasteiger partial charge in [-0.1, -0.05) is 12.1 Å². The Morgan fingerprint density at radius 3 is 2.52 bits per heavy atom. The molecule has 6 nitrogen and oxygen atoms in total. The molecule has 29 heavy (non-hydrogen) atoms. The molecule has 6 rings (SSSR count). The Kier molecular flexibility index (Phi) is 3.30. The minimum atomic E-state index is 0.0663. The van der Waals surface area contributed by atoms with E-state index in [0.29, 0.717) is 12.3 Å². The summed E-state index contributed by atoms with van der Waals surface area (Å²) < 4.78 is 22.6. The van der Waals surface area contributed by atoms with Gasteiger partial charge in [0.1, 0.15) is 0 Å². The van der Waals surface area contributed by atoms with Crippen LogP contribution in [0.25, 0.3) is 21.9 Å². The summed E-state index contributed by atoms with van der Waals surface area (Å²) in [5, 5.41) is 1.93. The minimum absolute atomic E-state index is 0.0663. The highest BCUT2D eigenvalue weighted by Crippen LogP contribution is 2.49. The van der Waals surface area contributed by atoms with E-state index >= 15 is 0 Å². The van der Waals surface area contributed by atoms with E-state index in [4.69, 9.17) is 18.9 Å². The van der Waals surface area contributed by atoms with Gasteiger partial charge in [-0.05, 0) is 60.2 Å². The highest BCUT2D eigenvalue weighted by atomic mass is 16.7. The van der Waals surface area contributed by atoms with Gasteiger partial charge in [0.2, 0.25) is 13.6 Å². The summed E-state index contributed by atoms with van der Waals surface area (Å²) in [6, 6.07) is 11.9. The fourth-order valence-corrected chi connectivity index (χ4v) is 4.43. The van der Waals surface area contributed by atoms with Crippen molar-refractivity contribution in [1.82, 2.24) is 4.90 Å². The zero-order valence-electron chi connectivity index (χ0n) is 16.2. The predicted molar refractivity (Wildman–Crippen MR) is 107 cm³/mol. The molecule has 0 N–H and O–H groups in total. The molecule has 3 heterocycles. The molecule has 0 atom stereocenters. The Hall–Kier alpha value is -3.41. The molecule has 0 aliphatic carbocycles. The van der Waals surface area contributed by atoms with Crippen molar-refractivity contribution in [1.29, 1.82) is 0 Å². The van der Waals surface area contributed by atoms with Crippen LogP contribution in [0.1, 0.15) is 29.8 Å². The molecule has 0 fully saturated rings. The molecule has 3 aromatic rings. The first kappa shape index (κ1) is 16.5. The first-order valence-electron chi connectivity index (χ1n) is 9.71. The van der Waals surface area contributed by atoms with Gasteiger partial charge in [-0.2, -0.15) is 0 Å². The highest BCUT2D eigenvalue weighted by Gasteiger charge is 2.34. The number of carbonyl (C=O) groups excluding carboxylic acids is 1. The molecule has 6 heteroatoms. The molecule has 3 aromatic carbocycles. The summed E-state index contributed by atoms with van der Waals surface area (Å²) in [7, 11) is 0. The zero-order chi connectivity index (χ0) is 19.7. The number of carbonyl (C=O) groups is 1. The number of ether oxygens (including phenoxy) is 4. The molecular formula is C23H19NO5. The maximum absolute atomic E-state index is 13.1. The van der Waals surface area contributed by atoms with Gasteiger partial charge in [0, 0.05) is 23.5 Å². The molecule has 1 amide bonds. The smallest absolute Gasteiger partial charge is 0.254 e. The minimum Gasteiger partial charge on any atom is -0.454 e. The van der Waals surface area contributed by atoms with Crippen LogP contribution in [0.4, 0.5) is 0 Å². The van der Waals surface area contributed by atoms with Crippen LogP contribution in [0.5, 0.6) is 23.0 Å².